The first kappa shape index (κ1) is 17.9. The van der Waals surface area contributed by atoms with Crippen molar-refractivity contribution in [1.82, 2.24) is 0 Å². The molecular formula is C13H17F5O3. The van der Waals surface area contributed by atoms with E-state index in [1.54, 1.807) is 0 Å². The maximum atomic E-state index is 14.0. The second kappa shape index (κ2) is 6.72. The van der Waals surface area contributed by atoms with Gasteiger partial charge >= 0.3 is 18.1 Å². The Bertz CT molecular complexity index is 374. The van der Waals surface area contributed by atoms with Gasteiger partial charge in [-0.15, -0.1) is 0 Å². The largest absolute Gasteiger partial charge is 0.452 e. The van der Waals surface area contributed by atoms with Crippen molar-refractivity contribution in [2.24, 2.45) is 5.92 Å². The molecule has 21 heavy (non-hydrogen) atoms. The maximum Gasteiger partial charge on any atom is 0.420 e. The van der Waals surface area contributed by atoms with E-state index in [0.717, 1.165) is 6.42 Å². The van der Waals surface area contributed by atoms with Crippen molar-refractivity contribution < 1.29 is 36.6 Å². The molecule has 1 N–H and O–H groups in total. The van der Waals surface area contributed by atoms with Crippen LogP contribution in [0.5, 0.6) is 0 Å². The van der Waals surface area contributed by atoms with E-state index in [9.17, 15) is 26.7 Å². The SMILES string of the molecule is C=CC(=O)OC(C1CCCCC1)C(F)(F)C(O)C(F)(F)F. The summed E-state index contributed by atoms with van der Waals surface area (Å²) in [6, 6.07) is 0. The van der Waals surface area contributed by atoms with Crippen molar-refractivity contribution in [3.8, 4) is 0 Å². The molecule has 0 bridgehead atoms. The van der Waals surface area contributed by atoms with Crippen molar-refractivity contribution in [3.63, 3.8) is 0 Å². The van der Waals surface area contributed by atoms with Crippen LogP contribution in [0, 0.1) is 5.92 Å². The van der Waals surface area contributed by atoms with E-state index in [2.05, 4.69) is 11.3 Å². The Kier molecular flexibility index (Phi) is 5.72. The fraction of sp³-hybridized carbons (Fsp3) is 0.769. The molecule has 0 heterocycles. The van der Waals surface area contributed by atoms with Gasteiger partial charge in [0, 0.05) is 12.0 Å². The molecule has 0 aromatic heterocycles. The number of ether oxygens (including phenoxy) is 1. The zero-order valence-corrected chi connectivity index (χ0v) is 11.2. The van der Waals surface area contributed by atoms with Crippen LogP contribution in [-0.2, 0) is 9.53 Å². The minimum atomic E-state index is -5.50. The van der Waals surface area contributed by atoms with Crippen molar-refractivity contribution in [2.45, 2.75) is 56.4 Å². The molecule has 1 fully saturated rings. The molecule has 0 amide bonds. The average molecular weight is 316 g/mol. The number of carbonyl (C=O) groups excluding carboxylic acids is 1. The third-order valence-electron chi connectivity index (χ3n) is 3.54. The van der Waals surface area contributed by atoms with Crippen LogP contribution < -0.4 is 0 Å². The van der Waals surface area contributed by atoms with Crippen LogP contribution in [0.25, 0.3) is 0 Å². The van der Waals surface area contributed by atoms with Gasteiger partial charge in [-0.3, -0.25) is 0 Å². The van der Waals surface area contributed by atoms with E-state index in [4.69, 9.17) is 5.11 Å². The van der Waals surface area contributed by atoms with E-state index in [1.165, 1.54) is 0 Å². The Hall–Kier alpha value is -1.18. The summed E-state index contributed by atoms with van der Waals surface area (Å²) in [5.41, 5.74) is 0. The molecule has 0 aromatic carbocycles. The van der Waals surface area contributed by atoms with Gasteiger partial charge in [-0.05, 0) is 12.8 Å². The van der Waals surface area contributed by atoms with Crippen molar-refractivity contribution >= 4 is 5.97 Å². The number of aliphatic hydroxyl groups excluding tert-OH is 1. The highest BCUT2D eigenvalue weighted by Crippen LogP contribution is 2.42. The van der Waals surface area contributed by atoms with Gasteiger partial charge < -0.3 is 9.84 Å². The average Bonchev–Trinajstić information content (AvgIpc) is 2.43. The maximum absolute atomic E-state index is 14.0. The third-order valence-corrected chi connectivity index (χ3v) is 3.54. The Morgan fingerprint density at radius 2 is 1.71 bits per heavy atom. The lowest BCUT2D eigenvalue weighted by Gasteiger charge is -2.37. The Morgan fingerprint density at radius 3 is 2.14 bits per heavy atom. The second-order valence-electron chi connectivity index (χ2n) is 5.08. The molecular weight excluding hydrogens is 299 g/mol. The number of rotatable bonds is 5. The minimum absolute atomic E-state index is 0.218. The summed E-state index contributed by atoms with van der Waals surface area (Å²) in [5, 5.41) is 8.91. The molecule has 1 aliphatic carbocycles. The fourth-order valence-electron chi connectivity index (χ4n) is 2.47. The van der Waals surface area contributed by atoms with Crippen LogP contribution in [0.4, 0.5) is 22.0 Å². The summed E-state index contributed by atoms with van der Waals surface area (Å²) in [6.45, 7) is 3.03. The summed E-state index contributed by atoms with van der Waals surface area (Å²) < 4.78 is 69.6. The summed E-state index contributed by atoms with van der Waals surface area (Å²) in [6.07, 6.45) is -8.76. The highest BCUT2D eigenvalue weighted by molar-refractivity contribution is 5.81. The standard InChI is InChI=1S/C13H17F5O3/c1-2-9(19)21-10(8-6-4-3-5-7-8)12(14,15)11(20)13(16,17)18/h2,8,10-11,20H,1,3-7H2. The number of alkyl halides is 5. The van der Waals surface area contributed by atoms with Crippen LogP contribution in [0.15, 0.2) is 12.7 Å². The first-order chi connectivity index (χ1) is 9.60. The Balaban J connectivity index is 3.02. The zero-order valence-electron chi connectivity index (χ0n) is 11.2. The van der Waals surface area contributed by atoms with E-state index >= 15 is 0 Å². The van der Waals surface area contributed by atoms with Gasteiger partial charge in [-0.1, -0.05) is 25.8 Å². The minimum Gasteiger partial charge on any atom is -0.452 e. The number of esters is 1. The van der Waals surface area contributed by atoms with Gasteiger partial charge in [0.2, 0.25) is 6.10 Å². The lowest BCUT2D eigenvalue weighted by Crippen LogP contribution is -2.56. The molecule has 1 saturated carbocycles. The van der Waals surface area contributed by atoms with Gasteiger partial charge in [0.1, 0.15) is 0 Å². The van der Waals surface area contributed by atoms with E-state index < -0.39 is 36.2 Å². The predicted octanol–water partition coefficient (Wildman–Crippen LogP) is 3.22. The van der Waals surface area contributed by atoms with Crippen molar-refractivity contribution in [1.29, 1.82) is 0 Å². The molecule has 0 aliphatic heterocycles. The van der Waals surface area contributed by atoms with Gasteiger partial charge in [-0.2, -0.15) is 22.0 Å². The summed E-state index contributed by atoms with van der Waals surface area (Å²) in [7, 11) is 0. The van der Waals surface area contributed by atoms with Crippen LogP contribution in [0.2, 0.25) is 0 Å². The summed E-state index contributed by atoms with van der Waals surface area (Å²) in [4.78, 5) is 11.1. The number of hydrogen-bond acceptors (Lipinski definition) is 3. The monoisotopic (exact) mass is 316 g/mol. The lowest BCUT2D eigenvalue weighted by atomic mass is 9.81. The van der Waals surface area contributed by atoms with Crippen molar-refractivity contribution in [3.05, 3.63) is 12.7 Å². The smallest absolute Gasteiger partial charge is 0.420 e. The lowest BCUT2D eigenvalue weighted by molar-refractivity contribution is -0.298. The van der Waals surface area contributed by atoms with Crippen LogP contribution in [0.3, 0.4) is 0 Å². The molecule has 0 saturated heterocycles. The molecule has 3 nitrogen and oxygen atoms in total. The summed E-state index contributed by atoms with van der Waals surface area (Å²) >= 11 is 0. The number of hydrogen-bond donors (Lipinski definition) is 1. The van der Waals surface area contributed by atoms with Crippen molar-refractivity contribution in [2.75, 3.05) is 0 Å². The van der Waals surface area contributed by atoms with E-state index in [1.807, 2.05) is 0 Å². The zero-order chi connectivity index (χ0) is 16.3. The number of aliphatic hydroxyl groups is 1. The fourth-order valence-corrected chi connectivity index (χ4v) is 2.47. The summed E-state index contributed by atoms with van der Waals surface area (Å²) in [5.74, 6) is -6.77. The van der Waals surface area contributed by atoms with E-state index in [0.29, 0.717) is 18.9 Å². The molecule has 1 aliphatic rings. The van der Waals surface area contributed by atoms with Crippen LogP contribution in [-0.4, -0.2) is 35.4 Å². The van der Waals surface area contributed by atoms with Gasteiger partial charge in [0.25, 0.3) is 0 Å². The van der Waals surface area contributed by atoms with Gasteiger partial charge in [-0.25, -0.2) is 4.79 Å². The van der Waals surface area contributed by atoms with E-state index in [-0.39, 0.29) is 12.8 Å². The first-order valence-electron chi connectivity index (χ1n) is 6.56. The van der Waals surface area contributed by atoms with Crippen LogP contribution in [0.1, 0.15) is 32.1 Å². The molecule has 1 rings (SSSR count). The Labute approximate surface area is 118 Å². The highest BCUT2D eigenvalue weighted by atomic mass is 19.4. The quantitative estimate of drug-likeness (QED) is 0.481. The highest BCUT2D eigenvalue weighted by Gasteiger charge is 2.61. The predicted molar refractivity (Wildman–Crippen MR) is 63.7 cm³/mol. The molecule has 2 unspecified atom stereocenters. The molecule has 122 valence electrons. The van der Waals surface area contributed by atoms with Crippen LogP contribution >= 0.6 is 0 Å². The molecule has 8 heteroatoms. The Morgan fingerprint density at radius 1 is 1.19 bits per heavy atom. The normalized spacial score (nSPS) is 20.7. The third kappa shape index (κ3) is 4.39. The molecule has 2 atom stereocenters. The molecule has 0 spiro atoms. The second-order valence-corrected chi connectivity index (χ2v) is 5.08. The topological polar surface area (TPSA) is 46.5 Å². The first-order valence-corrected chi connectivity index (χ1v) is 6.56. The number of carbonyl (C=O) groups is 1. The number of halogens is 5. The van der Waals surface area contributed by atoms with Gasteiger partial charge in [0.15, 0.2) is 6.10 Å². The molecule has 0 aromatic rings. The molecule has 0 radical (unpaired) electrons. The van der Waals surface area contributed by atoms with Gasteiger partial charge in [0.05, 0.1) is 0 Å².